The first-order valence-electron chi connectivity index (χ1n) is 10.1. The molecule has 2 amide bonds. The number of ether oxygens (including phenoxy) is 1. The normalized spacial score (nSPS) is 20.4. The first-order chi connectivity index (χ1) is 14.2. The summed E-state index contributed by atoms with van der Waals surface area (Å²) in [5, 5.41) is 0. The van der Waals surface area contributed by atoms with Crippen LogP contribution in [0.25, 0.3) is 0 Å². The van der Waals surface area contributed by atoms with Gasteiger partial charge in [0.05, 0.1) is 25.4 Å². The molecule has 0 N–H and O–H groups in total. The van der Waals surface area contributed by atoms with Crippen molar-refractivity contribution in [1.29, 1.82) is 0 Å². The van der Waals surface area contributed by atoms with E-state index in [2.05, 4.69) is 15.9 Å². The van der Waals surface area contributed by atoms with Crippen LogP contribution in [0.3, 0.4) is 0 Å². The van der Waals surface area contributed by atoms with Crippen molar-refractivity contribution >= 4 is 17.5 Å². The Bertz CT molecular complexity index is 863. The molecule has 2 aliphatic heterocycles. The molecule has 29 heavy (non-hydrogen) atoms. The van der Waals surface area contributed by atoms with Gasteiger partial charge in [-0.25, -0.2) is 0 Å². The fraction of sp³-hybridized carbons (Fsp3) is 0.391. The van der Waals surface area contributed by atoms with Crippen LogP contribution in [0.1, 0.15) is 12.0 Å². The van der Waals surface area contributed by atoms with E-state index in [4.69, 9.17) is 4.74 Å². The van der Waals surface area contributed by atoms with Crippen LogP contribution in [0.15, 0.2) is 54.6 Å². The Labute approximate surface area is 171 Å². The van der Waals surface area contributed by atoms with Gasteiger partial charge in [0.15, 0.2) is 0 Å². The van der Waals surface area contributed by atoms with Crippen molar-refractivity contribution < 1.29 is 14.3 Å². The molecule has 2 saturated heterocycles. The number of methoxy groups -OCH3 is 1. The minimum atomic E-state index is -0.236. The number of anilines is 1. The molecule has 0 aliphatic carbocycles. The molecule has 0 saturated carbocycles. The van der Waals surface area contributed by atoms with E-state index in [1.165, 1.54) is 4.90 Å². The average Bonchev–Trinajstić information content (AvgIpc) is 3.02. The lowest BCUT2D eigenvalue weighted by molar-refractivity contribution is -0.141. The van der Waals surface area contributed by atoms with Crippen molar-refractivity contribution in [2.75, 3.05) is 44.9 Å². The third kappa shape index (κ3) is 4.27. The van der Waals surface area contributed by atoms with Crippen LogP contribution in [0.5, 0.6) is 5.75 Å². The highest BCUT2D eigenvalue weighted by molar-refractivity contribution is 6.03. The van der Waals surface area contributed by atoms with Crippen LogP contribution in [-0.4, -0.2) is 61.6 Å². The highest BCUT2D eigenvalue weighted by atomic mass is 16.5. The Morgan fingerprint density at radius 2 is 1.62 bits per heavy atom. The maximum Gasteiger partial charge on any atom is 0.234 e. The van der Waals surface area contributed by atoms with Gasteiger partial charge in [-0.2, -0.15) is 0 Å². The van der Waals surface area contributed by atoms with Crippen molar-refractivity contribution in [1.82, 2.24) is 9.80 Å². The topological polar surface area (TPSA) is 53.1 Å². The lowest BCUT2D eigenvalue weighted by Gasteiger charge is -2.37. The minimum absolute atomic E-state index is 0.0361. The van der Waals surface area contributed by atoms with E-state index >= 15 is 0 Å². The Morgan fingerprint density at radius 1 is 0.931 bits per heavy atom. The molecule has 2 aromatic rings. The fourth-order valence-electron chi connectivity index (χ4n) is 4.18. The first-order valence-corrected chi connectivity index (χ1v) is 10.1. The zero-order valence-corrected chi connectivity index (χ0v) is 16.8. The second-order valence-electron chi connectivity index (χ2n) is 7.67. The summed E-state index contributed by atoms with van der Waals surface area (Å²) in [6, 6.07) is 17.9. The van der Waals surface area contributed by atoms with E-state index in [1.807, 2.05) is 48.5 Å². The van der Waals surface area contributed by atoms with Gasteiger partial charge in [-0.3, -0.25) is 19.4 Å². The number of imide groups is 1. The molecule has 0 aromatic heterocycles. The summed E-state index contributed by atoms with van der Waals surface area (Å²) in [4.78, 5) is 31.2. The fourth-order valence-corrected chi connectivity index (χ4v) is 4.18. The maximum atomic E-state index is 12.8. The number of piperazine rings is 1. The summed E-state index contributed by atoms with van der Waals surface area (Å²) < 4.78 is 5.47. The summed E-state index contributed by atoms with van der Waals surface area (Å²) in [5.74, 6) is 0.545. The molecule has 2 aliphatic rings. The third-order valence-corrected chi connectivity index (χ3v) is 5.80. The average molecular weight is 393 g/mol. The Kier molecular flexibility index (Phi) is 5.81. The molecule has 2 heterocycles. The Hall–Kier alpha value is -2.86. The molecule has 2 fully saturated rings. The number of benzene rings is 2. The molecular weight excluding hydrogens is 366 g/mol. The molecule has 0 radical (unpaired) electrons. The molecule has 4 rings (SSSR count). The number of carbonyl (C=O) groups is 2. The van der Waals surface area contributed by atoms with Crippen molar-refractivity contribution in [3.8, 4) is 5.75 Å². The second-order valence-corrected chi connectivity index (χ2v) is 7.67. The van der Waals surface area contributed by atoms with Crippen LogP contribution in [0, 0.1) is 5.92 Å². The Morgan fingerprint density at radius 3 is 2.34 bits per heavy atom. The minimum Gasteiger partial charge on any atom is -0.495 e. The number of nitrogens with zero attached hydrogens (tertiary/aromatic N) is 3. The zero-order valence-electron chi connectivity index (χ0n) is 16.8. The predicted octanol–water partition coefficient (Wildman–Crippen LogP) is 2.39. The van der Waals surface area contributed by atoms with Gasteiger partial charge in [-0.15, -0.1) is 0 Å². The maximum absolute atomic E-state index is 12.8. The van der Waals surface area contributed by atoms with Crippen molar-refractivity contribution in [2.45, 2.75) is 12.8 Å². The Balaban J connectivity index is 1.33. The molecule has 2 aromatic carbocycles. The number of hydrogen-bond donors (Lipinski definition) is 0. The van der Waals surface area contributed by atoms with Crippen LogP contribution in [0.4, 0.5) is 5.69 Å². The molecule has 1 unspecified atom stereocenters. The van der Waals surface area contributed by atoms with Gasteiger partial charge in [-0.1, -0.05) is 42.5 Å². The number of rotatable bonds is 6. The van der Waals surface area contributed by atoms with E-state index in [0.717, 1.165) is 43.2 Å². The van der Waals surface area contributed by atoms with E-state index < -0.39 is 0 Å². The smallest absolute Gasteiger partial charge is 0.234 e. The second kappa shape index (κ2) is 8.66. The van der Waals surface area contributed by atoms with E-state index in [-0.39, 0.29) is 17.7 Å². The highest BCUT2D eigenvalue weighted by Crippen LogP contribution is 2.29. The summed E-state index contributed by atoms with van der Waals surface area (Å²) in [6.45, 7) is 3.67. The number of para-hydroxylation sites is 2. The molecule has 6 heteroatoms. The van der Waals surface area contributed by atoms with Crippen LogP contribution < -0.4 is 9.64 Å². The number of amides is 2. The first kappa shape index (κ1) is 19.5. The SMILES string of the molecule is COc1ccccc1N1CCN(CN2C(=O)CC(Cc3ccccc3)C2=O)CC1. The van der Waals surface area contributed by atoms with Gasteiger partial charge in [0, 0.05) is 32.6 Å². The van der Waals surface area contributed by atoms with Gasteiger partial charge in [0.25, 0.3) is 0 Å². The summed E-state index contributed by atoms with van der Waals surface area (Å²) >= 11 is 0. The lowest BCUT2D eigenvalue weighted by atomic mass is 9.98. The van der Waals surface area contributed by atoms with Gasteiger partial charge < -0.3 is 9.64 Å². The predicted molar refractivity (Wildman–Crippen MR) is 112 cm³/mol. The third-order valence-electron chi connectivity index (χ3n) is 5.80. The largest absolute Gasteiger partial charge is 0.495 e. The zero-order chi connectivity index (χ0) is 20.2. The molecule has 0 bridgehead atoms. The van der Waals surface area contributed by atoms with Gasteiger partial charge in [0.1, 0.15) is 5.75 Å². The van der Waals surface area contributed by atoms with Gasteiger partial charge in [-0.05, 0) is 24.1 Å². The number of carbonyl (C=O) groups excluding carboxylic acids is 2. The molecule has 152 valence electrons. The van der Waals surface area contributed by atoms with Crippen molar-refractivity contribution in [3.63, 3.8) is 0 Å². The summed E-state index contributed by atoms with van der Waals surface area (Å²) in [5.41, 5.74) is 2.19. The molecule has 0 spiro atoms. The number of likely N-dealkylation sites (tertiary alicyclic amines) is 1. The number of hydrogen-bond acceptors (Lipinski definition) is 5. The van der Waals surface area contributed by atoms with E-state index in [9.17, 15) is 9.59 Å². The monoisotopic (exact) mass is 393 g/mol. The quantitative estimate of drug-likeness (QED) is 0.706. The van der Waals surface area contributed by atoms with Crippen LogP contribution in [0.2, 0.25) is 0 Å². The lowest BCUT2D eigenvalue weighted by Crippen LogP contribution is -2.51. The summed E-state index contributed by atoms with van der Waals surface area (Å²) in [7, 11) is 1.69. The molecule has 6 nitrogen and oxygen atoms in total. The van der Waals surface area contributed by atoms with Gasteiger partial charge >= 0.3 is 0 Å². The molecule has 1 atom stereocenters. The van der Waals surface area contributed by atoms with Crippen LogP contribution in [-0.2, 0) is 16.0 Å². The van der Waals surface area contributed by atoms with E-state index in [1.54, 1.807) is 7.11 Å². The molecular formula is C23H27N3O3. The summed E-state index contributed by atoms with van der Waals surface area (Å²) in [6.07, 6.45) is 0.943. The van der Waals surface area contributed by atoms with Crippen molar-refractivity contribution in [3.05, 3.63) is 60.2 Å². The van der Waals surface area contributed by atoms with Crippen LogP contribution >= 0.6 is 0 Å². The van der Waals surface area contributed by atoms with E-state index in [0.29, 0.717) is 19.5 Å². The standard InChI is InChI=1S/C23H27N3O3/c1-29-21-10-6-5-9-20(21)25-13-11-24(12-14-25)17-26-22(27)16-19(23(26)28)15-18-7-3-2-4-8-18/h2-10,19H,11-17H2,1H3. The van der Waals surface area contributed by atoms with Crippen molar-refractivity contribution in [2.24, 2.45) is 5.92 Å². The van der Waals surface area contributed by atoms with Gasteiger partial charge in [0.2, 0.25) is 11.8 Å². The highest BCUT2D eigenvalue weighted by Gasteiger charge is 2.39.